The molecule has 1 heterocycles. The van der Waals surface area contributed by atoms with Gasteiger partial charge in [0.15, 0.2) is 0 Å². The van der Waals surface area contributed by atoms with Crippen LogP contribution in [-0.2, 0) is 10.0 Å². The topological polar surface area (TPSA) is 39.1 Å². The zero-order valence-corrected chi connectivity index (χ0v) is 13.5. The maximum atomic E-state index is 12.8. The van der Waals surface area contributed by atoms with Crippen molar-refractivity contribution in [3.8, 4) is 0 Å². The minimum atomic E-state index is -3.72. The van der Waals surface area contributed by atoms with Gasteiger partial charge in [-0.1, -0.05) is 54.1 Å². The van der Waals surface area contributed by atoms with E-state index in [9.17, 15) is 8.42 Å². The van der Waals surface area contributed by atoms with Crippen LogP contribution in [0.15, 0.2) is 77.8 Å². The summed E-state index contributed by atoms with van der Waals surface area (Å²) in [5.41, 5.74) is 2.27. The van der Waals surface area contributed by atoms with Gasteiger partial charge in [-0.25, -0.2) is 12.4 Å². The summed E-state index contributed by atoms with van der Waals surface area (Å²) >= 11 is 0. The van der Waals surface area contributed by atoms with E-state index in [1.807, 2.05) is 37.3 Å². The van der Waals surface area contributed by atoms with Crippen LogP contribution in [-0.4, -0.2) is 12.4 Å². The lowest BCUT2D eigenvalue weighted by Gasteiger charge is -2.08. The van der Waals surface area contributed by atoms with E-state index in [4.69, 9.17) is 1.37 Å². The summed E-state index contributed by atoms with van der Waals surface area (Å²) in [7, 11) is -3.72. The first kappa shape index (κ1) is 14.0. The Bertz CT molecular complexity index is 972. The third kappa shape index (κ3) is 3.27. The molecule has 3 nitrogen and oxygen atoms in total. The molecule has 0 N–H and O–H groups in total. The van der Waals surface area contributed by atoms with Crippen molar-refractivity contribution in [1.82, 2.24) is 3.97 Å². The van der Waals surface area contributed by atoms with E-state index in [0.29, 0.717) is 5.69 Å². The molecule has 3 aromatic rings. The molecule has 0 aliphatic heterocycles. The Morgan fingerprint density at radius 1 is 0.957 bits per heavy atom. The van der Waals surface area contributed by atoms with Gasteiger partial charge < -0.3 is 0 Å². The van der Waals surface area contributed by atoms with Crippen molar-refractivity contribution < 1.29 is 9.79 Å². The summed E-state index contributed by atoms with van der Waals surface area (Å²) < 4.78 is 34.8. The molecule has 116 valence electrons. The van der Waals surface area contributed by atoms with E-state index in [1.165, 1.54) is 12.3 Å². The van der Waals surface area contributed by atoms with Crippen molar-refractivity contribution >= 4 is 22.2 Å². The van der Waals surface area contributed by atoms with Crippen LogP contribution in [0, 0.1) is 6.92 Å². The Morgan fingerprint density at radius 3 is 2.35 bits per heavy atom. The molecule has 2 aromatic carbocycles. The van der Waals surface area contributed by atoms with Crippen LogP contribution in [0.25, 0.3) is 12.2 Å². The van der Waals surface area contributed by atoms with Crippen molar-refractivity contribution in [2.45, 2.75) is 11.8 Å². The average molecular weight is 324 g/mol. The van der Waals surface area contributed by atoms with Crippen LogP contribution in [0.1, 0.15) is 18.2 Å². The summed E-state index contributed by atoms with van der Waals surface area (Å²) in [4.78, 5) is 0.207. The second-order valence-electron chi connectivity index (χ2n) is 5.20. The zero-order chi connectivity index (χ0) is 17.2. The molecular formula is C19H17NO2S. The van der Waals surface area contributed by atoms with E-state index in [1.54, 1.807) is 36.4 Å². The molecule has 0 radical (unpaired) electrons. The lowest BCUT2D eigenvalue weighted by molar-refractivity contribution is 0.587. The highest BCUT2D eigenvalue weighted by atomic mass is 32.2. The third-order valence-corrected chi connectivity index (χ3v) is 5.19. The van der Waals surface area contributed by atoms with Crippen molar-refractivity contribution in [3.63, 3.8) is 0 Å². The van der Waals surface area contributed by atoms with Crippen LogP contribution in [0.5, 0.6) is 0 Å². The Morgan fingerprint density at radius 2 is 1.65 bits per heavy atom. The fraction of sp³-hybridized carbons (Fsp3) is 0.0526. The molecule has 0 unspecified atom stereocenters. The Labute approximate surface area is 138 Å². The van der Waals surface area contributed by atoms with Crippen molar-refractivity contribution in [1.29, 1.82) is 0 Å². The number of aryl methyl sites for hydroxylation is 1. The van der Waals surface area contributed by atoms with Gasteiger partial charge in [-0.15, -0.1) is 0 Å². The molecule has 4 heteroatoms. The van der Waals surface area contributed by atoms with Crippen molar-refractivity contribution in [3.05, 3.63) is 89.7 Å². The Hall–Kier alpha value is -2.59. The first-order valence-corrected chi connectivity index (χ1v) is 8.66. The van der Waals surface area contributed by atoms with Gasteiger partial charge in [0.25, 0.3) is 10.0 Å². The van der Waals surface area contributed by atoms with Gasteiger partial charge in [0.2, 0.25) is 0 Å². The maximum Gasteiger partial charge on any atom is 0.268 e. The zero-order valence-electron chi connectivity index (χ0n) is 13.7. The second-order valence-corrected chi connectivity index (χ2v) is 7.02. The van der Waals surface area contributed by atoms with Crippen LogP contribution < -0.4 is 0 Å². The van der Waals surface area contributed by atoms with Crippen molar-refractivity contribution in [2.24, 2.45) is 0 Å². The number of hydrogen-bond acceptors (Lipinski definition) is 2. The number of benzene rings is 2. The van der Waals surface area contributed by atoms with E-state index in [0.717, 1.165) is 15.1 Å². The monoisotopic (exact) mass is 324 g/mol. The summed E-state index contributed by atoms with van der Waals surface area (Å²) in [5.74, 6) is 0. The molecule has 0 saturated carbocycles. The predicted octanol–water partition coefficient (Wildman–Crippen LogP) is 4.20. The number of aromatic nitrogens is 1. The van der Waals surface area contributed by atoms with Crippen molar-refractivity contribution in [2.75, 3.05) is 0 Å². The third-order valence-electron chi connectivity index (χ3n) is 3.49. The van der Waals surface area contributed by atoms with Gasteiger partial charge in [-0.2, -0.15) is 0 Å². The Kier molecular flexibility index (Phi) is 3.82. The highest BCUT2D eigenvalue weighted by Gasteiger charge is 2.17. The summed E-state index contributed by atoms with van der Waals surface area (Å²) in [6, 6.07) is 17.9. The highest BCUT2D eigenvalue weighted by Crippen LogP contribution is 2.19. The largest absolute Gasteiger partial charge is 0.268 e. The maximum absolute atomic E-state index is 12.8. The van der Waals surface area contributed by atoms with E-state index in [-0.39, 0.29) is 10.9 Å². The number of nitrogens with zero attached hydrogens (tertiary/aromatic N) is 1. The van der Waals surface area contributed by atoms with Gasteiger partial charge in [0, 0.05) is 6.20 Å². The lowest BCUT2D eigenvalue weighted by atomic mass is 10.2. The van der Waals surface area contributed by atoms with Crippen LogP contribution in [0.2, 0.25) is 0 Å². The Balaban J connectivity index is 2.04. The van der Waals surface area contributed by atoms with E-state index in [2.05, 4.69) is 0 Å². The van der Waals surface area contributed by atoms with Gasteiger partial charge in [0.1, 0.15) is 0 Å². The summed E-state index contributed by atoms with van der Waals surface area (Å²) in [6.07, 6.45) is 4.88. The molecule has 0 amide bonds. The molecule has 0 aliphatic carbocycles. The fourth-order valence-corrected chi connectivity index (χ4v) is 3.53. The van der Waals surface area contributed by atoms with Crippen LogP contribution in [0.3, 0.4) is 0 Å². The first-order chi connectivity index (χ1) is 11.5. The van der Waals surface area contributed by atoms with Gasteiger partial charge in [0.05, 0.1) is 12.0 Å². The minimum Gasteiger partial charge on any atom is -0.242 e. The summed E-state index contributed by atoms with van der Waals surface area (Å²) in [6.45, 7) is 1.90. The molecule has 3 rings (SSSR count). The molecule has 0 spiro atoms. The molecule has 0 aliphatic rings. The molecule has 0 atom stereocenters. The number of hydrogen-bond donors (Lipinski definition) is 0. The predicted molar refractivity (Wildman–Crippen MR) is 93.6 cm³/mol. The van der Waals surface area contributed by atoms with Gasteiger partial charge in [-0.3, -0.25) is 0 Å². The molecule has 1 aromatic heterocycles. The standard InChI is InChI=1S/C19H17NO2S/c1-16-9-13-19(14-10-16)23(21,22)20-15-5-8-18(20)12-11-17-6-3-2-4-7-17/h2-15H,1H3/b12-11+/i8D. The quantitative estimate of drug-likeness (QED) is 0.721. The highest BCUT2D eigenvalue weighted by molar-refractivity contribution is 7.90. The molecule has 0 fully saturated rings. The average Bonchev–Trinajstić information content (AvgIpc) is 2.96. The molecule has 0 bridgehead atoms. The smallest absolute Gasteiger partial charge is 0.242 e. The normalized spacial score (nSPS) is 12.5. The molecule has 0 saturated heterocycles. The molecule has 23 heavy (non-hydrogen) atoms. The van der Waals surface area contributed by atoms with Gasteiger partial charge >= 0.3 is 0 Å². The van der Waals surface area contributed by atoms with Crippen LogP contribution >= 0.6 is 0 Å². The second kappa shape index (κ2) is 6.26. The fourth-order valence-electron chi connectivity index (χ4n) is 2.23. The van der Waals surface area contributed by atoms with Crippen LogP contribution in [0.4, 0.5) is 0 Å². The lowest BCUT2D eigenvalue weighted by Crippen LogP contribution is -2.13. The minimum absolute atomic E-state index is 0.165. The summed E-state index contributed by atoms with van der Waals surface area (Å²) in [5, 5.41) is 0. The first-order valence-electron chi connectivity index (χ1n) is 7.72. The van der Waals surface area contributed by atoms with E-state index < -0.39 is 10.0 Å². The van der Waals surface area contributed by atoms with Gasteiger partial charge in [-0.05, 0) is 42.8 Å². The molecular weight excluding hydrogens is 306 g/mol. The van der Waals surface area contributed by atoms with E-state index >= 15 is 0 Å². The SMILES string of the molecule is [2H]c1ccn(S(=O)(=O)c2ccc(C)cc2)c1/C=C/c1ccccc1. The number of rotatable bonds is 4.